The fourth-order valence-electron chi connectivity index (χ4n) is 1.17. The summed E-state index contributed by atoms with van der Waals surface area (Å²) in [4.78, 5) is 0. The van der Waals surface area contributed by atoms with Gasteiger partial charge >= 0.3 is 21.1 Å². The molecule has 0 N–H and O–H groups in total. The minimum absolute atomic E-state index is 0. The zero-order valence-electron chi connectivity index (χ0n) is 8.79. The molecule has 0 aromatic heterocycles. The molecule has 0 saturated heterocycles. The third-order valence-corrected chi connectivity index (χ3v) is 2.05. The van der Waals surface area contributed by atoms with Crippen molar-refractivity contribution >= 4 is 5.57 Å². The summed E-state index contributed by atoms with van der Waals surface area (Å²) in [6.45, 7) is 10.3. The quantitative estimate of drug-likeness (QED) is 0.722. The van der Waals surface area contributed by atoms with E-state index >= 15 is 0 Å². The van der Waals surface area contributed by atoms with Crippen molar-refractivity contribution in [3.05, 3.63) is 42.5 Å². The van der Waals surface area contributed by atoms with Gasteiger partial charge < -0.3 is 17.7 Å². The van der Waals surface area contributed by atoms with Gasteiger partial charge in [0.1, 0.15) is 0 Å². The molecule has 0 bridgehead atoms. The van der Waals surface area contributed by atoms with Gasteiger partial charge in [-0.3, -0.25) is 0 Å². The van der Waals surface area contributed by atoms with Crippen molar-refractivity contribution < 1.29 is 21.1 Å². The Labute approximate surface area is 102 Å². The van der Waals surface area contributed by atoms with Crippen LogP contribution < -0.4 is 0 Å². The van der Waals surface area contributed by atoms with Crippen LogP contribution in [0.3, 0.4) is 0 Å². The second-order valence-electron chi connectivity index (χ2n) is 3.73. The normalized spacial score (nSPS) is 9.64. The van der Waals surface area contributed by atoms with Crippen LogP contribution in [0.1, 0.15) is 32.3 Å². The first kappa shape index (κ1) is 13.6. The van der Waals surface area contributed by atoms with Crippen LogP contribution in [0.4, 0.5) is 0 Å². The molecule has 0 unspecified atom stereocenters. The van der Waals surface area contributed by atoms with E-state index in [0.29, 0.717) is 5.92 Å². The van der Waals surface area contributed by atoms with Crippen LogP contribution in [-0.4, -0.2) is 0 Å². The third-order valence-electron chi connectivity index (χ3n) is 2.05. The molecule has 0 saturated carbocycles. The molecule has 1 aromatic rings. The van der Waals surface area contributed by atoms with Crippen molar-refractivity contribution in [2.24, 2.45) is 5.92 Å². The minimum atomic E-state index is 0. The Kier molecular flexibility index (Phi) is 6.83. The SMILES string of the molecule is [CH-]=C(CCC(C)C)c1[c-]cccc1.[W+2]. The summed E-state index contributed by atoms with van der Waals surface area (Å²) in [5.41, 5.74) is 2.00. The van der Waals surface area contributed by atoms with Crippen molar-refractivity contribution in [2.45, 2.75) is 26.7 Å². The molecule has 0 aliphatic carbocycles. The monoisotopic (exact) mass is 356 g/mol. The molecular formula is C13H16W. The first-order valence-corrected chi connectivity index (χ1v) is 4.78. The Bertz CT molecular complexity index is 262. The molecule has 0 aliphatic rings. The van der Waals surface area contributed by atoms with Gasteiger partial charge in [-0.2, -0.15) is 12.1 Å². The zero-order chi connectivity index (χ0) is 9.68. The van der Waals surface area contributed by atoms with Crippen molar-refractivity contribution in [3.63, 3.8) is 0 Å². The summed E-state index contributed by atoms with van der Waals surface area (Å²) in [6, 6.07) is 11.0. The molecule has 0 fully saturated rings. The van der Waals surface area contributed by atoms with Gasteiger partial charge in [0.2, 0.25) is 0 Å². The van der Waals surface area contributed by atoms with E-state index in [1.54, 1.807) is 0 Å². The third kappa shape index (κ3) is 4.77. The topological polar surface area (TPSA) is 0 Å². The standard InChI is InChI=1S/C13H16.W/c1-11(2)9-10-12(3)13-7-5-4-6-8-13;/h3-7,11H,9-10H2,1-2H3;/q-2;+2. The van der Waals surface area contributed by atoms with E-state index in [9.17, 15) is 0 Å². The Hall–Kier alpha value is -0.352. The average Bonchev–Trinajstić information content (AvgIpc) is 2.15. The van der Waals surface area contributed by atoms with Crippen LogP contribution in [0.2, 0.25) is 0 Å². The largest absolute Gasteiger partial charge is 2.00 e. The molecule has 0 heterocycles. The van der Waals surface area contributed by atoms with Crippen LogP contribution >= 0.6 is 0 Å². The van der Waals surface area contributed by atoms with Crippen molar-refractivity contribution in [1.29, 1.82) is 0 Å². The minimum Gasteiger partial charge on any atom is -0.341 e. The fraction of sp³-hybridized carbons (Fsp3) is 0.385. The van der Waals surface area contributed by atoms with E-state index in [0.717, 1.165) is 24.0 Å². The molecule has 0 atom stereocenters. The van der Waals surface area contributed by atoms with Crippen molar-refractivity contribution in [1.82, 2.24) is 0 Å². The van der Waals surface area contributed by atoms with E-state index in [1.165, 1.54) is 0 Å². The summed E-state index contributed by atoms with van der Waals surface area (Å²) in [5.74, 6) is 0.710. The van der Waals surface area contributed by atoms with Gasteiger partial charge in [-0.15, -0.1) is 6.07 Å². The molecule has 1 heteroatoms. The first-order valence-electron chi connectivity index (χ1n) is 4.78. The molecule has 0 nitrogen and oxygen atoms in total. The molecule has 14 heavy (non-hydrogen) atoms. The smallest absolute Gasteiger partial charge is 0.341 e. The first-order chi connectivity index (χ1) is 6.20. The van der Waals surface area contributed by atoms with Gasteiger partial charge in [-0.1, -0.05) is 26.7 Å². The van der Waals surface area contributed by atoms with E-state index < -0.39 is 0 Å². The van der Waals surface area contributed by atoms with Gasteiger partial charge in [0, 0.05) is 0 Å². The Morgan fingerprint density at radius 3 is 2.64 bits per heavy atom. The maximum absolute atomic E-state index is 5.93. The van der Waals surface area contributed by atoms with E-state index in [1.807, 2.05) is 24.3 Å². The van der Waals surface area contributed by atoms with Gasteiger partial charge in [0.05, 0.1) is 0 Å². The predicted molar refractivity (Wildman–Crippen MR) is 57.1 cm³/mol. The second-order valence-corrected chi connectivity index (χ2v) is 3.73. The van der Waals surface area contributed by atoms with Crippen LogP contribution in [0, 0.1) is 18.6 Å². The van der Waals surface area contributed by atoms with Gasteiger partial charge in [-0.05, 0) is 5.92 Å². The van der Waals surface area contributed by atoms with Crippen molar-refractivity contribution in [2.75, 3.05) is 0 Å². The number of allylic oxidation sites excluding steroid dienone is 1. The maximum Gasteiger partial charge on any atom is 2.00 e. The molecule has 0 spiro atoms. The second kappa shape index (κ2) is 7.01. The maximum atomic E-state index is 5.93. The van der Waals surface area contributed by atoms with E-state index in [2.05, 4.69) is 19.9 Å². The molecular weight excluding hydrogens is 340 g/mol. The molecule has 1 rings (SSSR count). The molecule has 0 radical (unpaired) electrons. The van der Waals surface area contributed by atoms with E-state index in [-0.39, 0.29) is 21.1 Å². The summed E-state index contributed by atoms with van der Waals surface area (Å²) >= 11 is 0. The van der Waals surface area contributed by atoms with Crippen LogP contribution in [0.5, 0.6) is 0 Å². The number of rotatable bonds is 4. The molecule has 0 aliphatic heterocycles. The van der Waals surface area contributed by atoms with Crippen LogP contribution in [0.25, 0.3) is 5.57 Å². The Balaban J connectivity index is 0.00000169. The molecule has 1 aromatic carbocycles. The van der Waals surface area contributed by atoms with Crippen LogP contribution in [-0.2, 0) is 21.1 Å². The number of hydrogen-bond acceptors (Lipinski definition) is 0. The fourth-order valence-corrected chi connectivity index (χ4v) is 1.17. The number of hydrogen-bond donors (Lipinski definition) is 0. The van der Waals surface area contributed by atoms with Gasteiger partial charge in [0.25, 0.3) is 0 Å². The average molecular weight is 356 g/mol. The zero-order valence-corrected chi connectivity index (χ0v) is 11.7. The number of benzene rings is 1. The summed E-state index contributed by atoms with van der Waals surface area (Å²) in [5, 5.41) is 0. The van der Waals surface area contributed by atoms with Gasteiger partial charge in [-0.25, -0.2) is 12.1 Å². The van der Waals surface area contributed by atoms with Gasteiger partial charge in [0.15, 0.2) is 0 Å². The van der Waals surface area contributed by atoms with E-state index in [4.69, 9.17) is 6.58 Å². The summed E-state index contributed by atoms with van der Waals surface area (Å²) in [7, 11) is 0. The Morgan fingerprint density at radius 1 is 1.43 bits per heavy atom. The van der Waals surface area contributed by atoms with Crippen LogP contribution in [0.15, 0.2) is 24.3 Å². The Morgan fingerprint density at radius 2 is 2.14 bits per heavy atom. The molecule has 74 valence electrons. The summed E-state index contributed by atoms with van der Waals surface area (Å²) < 4.78 is 0. The molecule has 0 amide bonds. The summed E-state index contributed by atoms with van der Waals surface area (Å²) in [6.07, 6.45) is 2.12. The van der Waals surface area contributed by atoms with Crippen molar-refractivity contribution in [3.8, 4) is 0 Å². The predicted octanol–water partition coefficient (Wildman–Crippen LogP) is 3.74.